The quantitative estimate of drug-likeness (QED) is 0.728. The van der Waals surface area contributed by atoms with E-state index in [1.54, 1.807) is 12.1 Å². The summed E-state index contributed by atoms with van der Waals surface area (Å²) in [6.45, 7) is 4.10. The third-order valence-corrected chi connectivity index (χ3v) is 4.76. The van der Waals surface area contributed by atoms with Crippen molar-refractivity contribution in [3.05, 3.63) is 28.7 Å². The normalized spacial score (nSPS) is 12.9. The molecule has 112 valence electrons. The van der Waals surface area contributed by atoms with E-state index in [1.165, 1.54) is 19.1 Å². The molecule has 1 rings (SSSR count). The SMILES string of the molecule is CCCCNC(=O)C(C)NS(=O)(=O)c1ccc(Br)cc1. The highest BCUT2D eigenvalue weighted by Gasteiger charge is 2.21. The Hall–Kier alpha value is -0.920. The Balaban J connectivity index is 2.66. The number of benzene rings is 1. The summed E-state index contributed by atoms with van der Waals surface area (Å²) in [5, 5.41) is 2.69. The van der Waals surface area contributed by atoms with Crippen molar-refractivity contribution in [3.63, 3.8) is 0 Å². The van der Waals surface area contributed by atoms with Crippen molar-refractivity contribution in [2.24, 2.45) is 0 Å². The molecule has 1 aromatic rings. The van der Waals surface area contributed by atoms with Gasteiger partial charge in [0.1, 0.15) is 0 Å². The molecule has 0 bridgehead atoms. The number of rotatable bonds is 7. The van der Waals surface area contributed by atoms with Crippen molar-refractivity contribution in [3.8, 4) is 0 Å². The van der Waals surface area contributed by atoms with Crippen LogP contribution in [0.1, 0.15) is 26.7 Å². The number of carbonyl (C=O) groups is 1. The second-order valence-electron chi connectivity index (χ2n) is 4.44. The van der Waals surface area contributed by atoms with Crippen LogP contribution < -0.4 is 10.0 Å². The van der Waals surface area contributed by atoms with Gasteiger partial charge in [0, 0.05) is 11.0 Å². The Morgan fingerprint density at radius 3 is 2.45 bits per heavy atom. The lowest BCUT2D eigenvalue weighted by atomic mass is 10.3. The molecular weight excluding hydrogens is 344 g/mol. The van der Waals surface area contributed by atoms with Gasteiger partial charge in [0.15, 0.2) is 0 Å². The summed E-state index contributed by atoms with van der Waals surface area (Å²) in [5.74, 6) is -0.320. The first-order valence-corrected chi connectivity index (χ1v) is 8.70. The zero-order valence-electron chi connectivity index (χ0n) is 11.5. The van der Waals surface area contributed by atoms with Crippen LogP contribution in [-0.2, 0) is 14.8 Å². The first-order chi connectivity index (χ1) is 9.36. The molecule has 0 heterocycles. The maximum absolute atomic E-state index is 12.1. The molecule has 0 saturated heterocycles. The van der Waals surface area contributed by atoms with Crippen LogP contribution in [0.2, 0.25) is 0 Å². The zero-order valence-corrected chi connectivity index (χ0v) is 13.9. The van der Waals surface area contributed by atoms with Gasteiger partial charge in [-0.05, 0) is 37.6 Å². The maximum atomic E-state index is 12.1. The van der Waals surface area contributed by atoms with Gasteiger partial charge in [-0.3, -0.25) is 4.79 Å². The number of sulfonamides is 1. The summed E-state index contributed by atoms with van der Waals surface area (Å²) in [6, 6.07) is 5.43. The first-order valence-electron chi connectivity index (χ1n) is 6.42. The van der Waals surface area contributed by atoms with Crippen molar-refractivity contribution in [2.45, 2.75) is 37.6 Å². The van der Waals surface area contributed by atoms with E-state index in [0.717, 1.165) is 17.3 Å². The largest absolute Gasteiger partial charge is 0.355 e. The van der Waals surface area contributed by atoms with Gasteiger partial charge >= 0.3 is 0 Å². The standard InChI is InChI=1S/C13H19BrN2O3S/c1-3-4-9-15-13(17)10(2)16-20(18,19)12-7-5-11(14)6-8-12/h5-8,10,16H,3-4,9H2,1-2H3,(H,15,17). The number of hydrogen-bond donors (Lipinski definition) is 2. The van der Waals surface area contributed by atoms with Crippen LogP contribution >= 0.6 is 15.9 Å². The molecule has 0 aromatic heterocycles. The zero-order chi connectivity index (χ0) is 15.2. The Morgan fingerprint density at radius 2 is 1.90 bits per heavy atom. The molecule has 0 saturated carbocycles. The number of carbonyl (C=O) groups excluding carboxylic acids is 1. The predicted octanol–water partition coefficient (Wildman–Crippen LogP) is 2.03. The van der Waals surface area contributed by atoms with Crippen molar-refractivity contribution in [1.82, 2.24) is 10.0 Å². The van der Waals surface area contributed by atoms with Crippen LogP contribution in [0.5, 0.6) is 0 Å². The molecule has 0 radical (unpaired) electrons. The number of hydrogen-bond acceptors (Lipinski definition) is 3. The Labute approximate surface area is 128 Å². The number of amides is 1. The van der Waals surface area contributed by atoms with Gasteiger partial charge in [-0.2, -0.15) is 4.72 Å². The van der Waals surface area contributed by atoms with Crippen LogP contribution in [0.3, 0.4) is 0 Å². The number of unbranched alkanes of at least 4 members (excludes halogenated alkanes) is 1. The van der Waals surface area contributed by atoms with Crippen molar-refractivity contribution in [1.29, 1.82) is 0 Å². The third-order valence-electron chi connectivity index (χ3n) is 2.68. The molecule has 0 aliphatic heterocycles. The van der Waals surface area contributed by atoms with E-state index in [-0.39, 0.29) is 10.8 Å². The van der Waals surface area contributed by atoms with Gasteiger partial charge in [-0.1, -0.05) is 29.3 Å². The summed E-state index contributed by atoms with van der Waals surface area (Å²) >= 11 is 3.24. The van der Waals surface area contributed by atoms with Crippen LogP contribution in [0.25, 0.3) is 0 Å². The lowest BCUT2D eigenvalue weighted by Gasteiger charge is -2.14. The highest BCUT2D eigenvalue weighted by atomic mass is 79.9. The van der Waals surface area contributed by atoms with Crippen molar-refractivity contribution >= 4 is 31.9 Å². The topological polar surface area (TPSA) is 75.3 Å². The molecule has 1 amide bonds. The molecule has 5 nitrogen and oxygen atoms in total. The maximum Gasteiger partial charge on any atom is 0.241 e. The lowest BCUT2D eigenvalue weighted by molar-refractivity contribution is -0.122. The molecule has 0 spiro atoms. The lowest BCUT2D eigenvalue weighted by Crippen LogP contribution is -2.44. The van der Waals surface area contributed by atoms with E-state index in [9.17, 15) is 13.2 Å². The number of nitrogens with one attached hydrogen (secondary N) is 2. The first kappa shape index (κ1) is 17.1. The van der Waals surface area contributed by atoms with Crippen LogP contribution in [-0.4, -0.2) is 26.9 Å². The summed E-state index contributed by atoms with van der Waals surface area (Å²) in [6.07, 6.45) is 1.84. The van der Waals surface area contributed by atoms with Gasteiger partial charge in [0.05, 0.1) is 10.9 Å². The summed E-state index contributed by atoms with van der Waals surface area (Å²) in [5.41, 5.74) is 0. The van der Waals surface area contributed by atoms with Crippen molar-refractivity contribution < 1.29 is 13.2 Å². The third kappa shape index (κ3) is 5.22. The van der Waals surface area contributed by atoms with Gasteiger partial charge in [0.2, 0.25) is 15.9 Å². The van der Waals surface area contributed by atoms with Crippen LogP contribution in [0.15, 0.2) is 33.6 Å². The van der Waals surface area contributed by atoms with Gasteiger partial charge < -0.3 is 5.32 Å². The predicted molar refractivity (Wildman–Crippen MR) is 81.8 cm³/mol. The van der Waals surface area contributed by atoms with Crippen LogP contribution in [0, 0.1) is 0 Å². The molecule has 1 unspecified atom stereocenters. The molecule has 2 N–H and O–H groups in total. The Bertz CT molecular complexity index is 543. The smallest absolute Gasteiger partial charge is 0.241 e. The molecule has 0 fully saturated rings. The van der Waals surface area contributed by atoms with Gasteiger partial charge in [-0.25, -0.2) is 8.42 Å². The van der Waals surface area contributed by atoms with E-state index < -0.39 is 16.1 Å². The van der Waals surface area contributed by atoms with Gasteiger partial charge in [-0.15, -0.1) is 0 Å². The van der Waals surface area contributed by atoms with E-state index in [4.69, 9.17) is 0 Å². The van der Waals surface area contributed by atoms with E-state index in [2.05, 4.69) is 26.0 Å². The highest BCUT2D eigenvalue weighted by Crippen LogP contribution is 2.14. The molecule has 0 aliphatic rings. The second kappa shape index (κ2) is 7.75. The fraction of sp³-hybridized carbons (Fsp3) is 0.462. The molecular formula is C13H19BrN2O3S. The molecule has 1 aromatic carbocycles. The molecule has 7 heteroatoms. The summed E-state index contributed by atoms with van der Waals surface area (Å²) in [7, 11) is -3.68. The molecule has 1 atom stereocenters. The van der Waals surface area contributed by atoms with Crippen LogP contribution in [0.4, 0.5) is 0 Å². The fourth-order valence-corrected chi connectivity index (χ4v) is 2.98. The minimum Gasteiger partial charge on any atom is -0.355 e. The Morgan fingerprint density at radius 1 is 1.30 bits per heavy atom. The molecule has 0 aliphatic carbocycles. The monoisotopic (exact) mass is 362 g/mol. The number of halogens is 1. The van der Waals surface area contributed by atoms with E-state index >= 15 is 0 Å². The summed E-state index contributed by atoms with van der Waals surface area (Å²) < 4.78 is 27.3. The fourth-order valence-electron chi connectivity index (χ4n) is 1.51. The minimum absolute atomic E-state index is 0.133. The highest BCUT2D eigenvalue weighted by molar-refractivity contribution is 9.10. The van der Waals surface area contributed by atoms with E-state index in [0.29, 0.717) is 6.54 Å². The second-order valence-corrected chi connectivity index (χ2v) is 7.07. The average molecular weight is 363 g/mol. The summed E-state index contributed by atoms with van der Waals surface area (Å²) in [4.78, 5) is 11.9. The average Bonchev–Trinajstić information content (AvgIpc) is 2.38. The van der Waals surface area contributed by atoms with E-state index in [1.807, 2.05) is 6.92 Å². The van der Waals surface area contributed by atoms with Crippen molar-refractivity contribution in [2.75, 3.05) is 6.54 Å². The minimum atomic E-state index is -3.68. The molecule has 20 heavy (non-hydrogen) atoms. The van der Waals surface area contributed by atoms with Gasteiger partial charge in [0.25, 0.3) is 0 Å². The Kier molecular flexibility index (Phi) is 6.64.